The number of amides is 2. The molecular formula is C52H52BF6NO6Si. The number of imide groups is 1. The molecule has 0 spiro atoms. The second-order valence-corrected chi connectivity index (χ2v) is 23.2. The Bertz CT molecular complexity index is 2650. The average Bonchev–Trinajstić information content (AvgIpc) is 3.54. The number of hydrogen-bond acceptors (Lipinski definition) is 6. The highest BCUT2D eigenvalue weighted by atomic mass is 28.4. The highest BCUT2D eigenvalue weighted by Crippen LogP contribution is 2.53. The molecule has 15 heteroatoms. The number of rotatable bonds is 12. The second-order valence-electron chi connectivity index (χ2n) is 18.9. The van der Waals surface area contributed by atoms with E-state index in [0.717, 1.165) is 33.3 Å². The van der Waals surface area contributed by atoms with E-state index in [1.54, 1.807) is 6.07 Å². The molecule has 3 aliphatic rings. The highest BCUT2D eigenvalue weighted by Gasteiger charge is 2.59. The fourth-order valence-corrected chi connectivity index (χ4v) is 15.3. The fourth-order valence-electron chi connectivity index (χ4n) is 10.7. The smallest absolute Gasteiger partial charge is 0.455 e. The molecule has 2 fully saturated rings. The third-order valence-corrected chi connectivity index (χ3v) is 18.6. The van der Waals surface area contributed by atoms with E-state index in [1.165, 1.54) is 0 Å². The Balaban J connectivity index is 1.24. The minimum atomic E-state index is -5.22. The lowest BCUT2D eigenvalue weighted by Gasteiger charge is -2.46. The van der Waals surface area contributed by atoms with Crippen molar-refractivity contribution in [3.8, 4) is 5.75 Å². The minimum absolute atomic E-state index is 0.0291. The molecule has 0 radical (unpaired) electrons. The molecular weight excluding hydrogens is 887 g/mol. The molecule has 0 aromatic heterocycles. The van der Waals surface area contributed by atoms with Crippen LogP contribution in [0.5, 0.6) is 5.75 Å². The molecule has 2 heterocycles. The third-order valence-electron chi connectivity index (χ3n) is 13.6. The molecule has 350 valence electrons. The number of carbonyl (C=O) groups excluding carboxylic acids is 2. The molecule has 7 nitrogen and oxygen atoms in total. The van der Waals surface area contributed by atoms with Crippen LogP contribution in [0.25, 0.3) is 16.8 Å². The van der Waals surface area contributed by atoms with Crippen LogP contribution in [-0.2, 0) is 31.0 Å². The number of anilines is 1. The molecule has 0 bridgehead atoms. The maximum absolute atomic E-state index is 14.7. The summed E-state index contributed by atoms with van der Waals surface area (Å²) in [5, 5.41) is 25.1. The lowest BCUT2D eigenvalue weighted by Crippen LogP contribution is -2.66. The first-order valence-electron chi connectivity index (χ1n) is 22.6. The van der Waals surface area contributed by atoms with Crippen LogP contribution in [-0.4, -0.2) is 50.1 Å². The standard InChI is InChI=1S/C52H52BF6NO6Si/c1-5-14-32(25-33-22-23-44(61)41-20-13-12-19-40(33)41)21-24-45-46-34(31-65-67(50(2,3)4,38-15-8-6-9-16-38)39-17-10-7-11-18-39)26-42-47(43(46)30-53(64)66-45)49(63)60(48(42)62)37-28-35(51(54,55)56)27-36(29-37)52(57,58)59/h6-13,15-20,22-23,25,27-29,42-43,45,47,61,64H,5,14,21,24,26,30-31H2,1-4H3/b32-25+/t42-,43+,45-,47-/m1/s1. The van der Waals surface area contributed by atoms with Gasteiger partial charge in [0.25, 0.3) is 8.32 Å². The zero-order valence-corrected chi connectivity index (χ0v) is 38.6. The summed E-state index contributed by atoms with van der Waals surface area (Å²) in [6, 6.07) is 31.6. The molecule has 67 heavy (non-hydrogen) atoms. The first-order chi connectivity index (χ1) is 31.7. The van der Waals surface area contributed by atoms with Gasteiger partial charge < -0.3 is 19.2 Å². The van der Waals surface area contributed by atoms with Crippen molar-refractivity contribution in [1.82, 2.24) is 0 Å². The summed E-state index contributed by atoms with van der Waals surface area (Å²) in [5.74, 6) is -4.95. The van der Waals surface area contributed by atoms with Crippen molar-refractivity contribution >= 4 is 60.2 Å². The van der Waals surface area contributed by atoms with Crippen molar-refractivity contribution in [1.29, 1.82) is 0 Å². The van der Waals surface area contributed by atoms with Gasteiger partial charge in [-0.15, -0.1) is 0 Å². The molecule has 2 amide bonds. The van der Waals surface area contributed by atoms with Gasteiger partial charge in [0.1, 0.15) is 5.75 Å². The molecule has 5 aromatic rings. The molecule has 4 atom stereocenters. The van der Waals surface area contributed by atoms with Gasteiger partial charge in [-0.05, 0) is 99.7 Å². The zero-order chi connectivity index (χ0) is 48.1. The van der Waals surface area contributed by atoms with E-state index in [9.17, 15) is 46.1 Å². The first-order valence-corrected chi connectivity index (χ1v) is 24.5. The Morgan fingerprint density at radius 1 is 0.791 bits per heavy atom. The summed E-state index contributed by atoms with van der Waals surface area (Å²) in [4.78, 5) is 29.8. The summed E-state index contributed by atoms with van der Waals surface area (Å²) in [7, 11) is -4.65. The van der Waals surface area contributed by atoms with E-state index >= 15 is 0 Å². The Hall–Kier alpha value is -5.48. The van der Waals surface area contributed by atoms with Gasteiger partial charge in [-0.1, -0.05) is 137 Å². The Morgan fingerprint density at radius 3 is 1.94 bits per heavy atom. The number of hydrogen-bond donors (Lipinski definition) is 2. The van der Waals surface area contributed by atoms with Gasteiger partial charge in [0.15, 0.2) is 0 Å². The SMILES string of the molecule is CCC/C(=C\c1ccc(O)c2ccccc12)CC[C@H]1OB(O)C[C@H]2C1=C(CO[Si](c1ccccc1)(c1ccccc1)C(C)(C)C)C[C@H]1C(=O)N(c3cc(C(F)(F)F)cc(C(F)(F)F)c3)C(=O)[C@H]12. The lowest BCUT2D eigenvalue weighted by molar-refractivity contribution is -0.143. The highest BCUT2D eigenvalue weighted by molar-refractivity contribution is 6.99. The molecule has 5 aromatic carbocycles. The molecule has 0 unspecified atom stereocenters. The van der Waals surface area contributed by atoms with E-state index in [4.69, 9.17) is 9.08 Å². The number of aromatic hydroxyl groups is 1. The number of phenols is 1. The first kappa shape index (κ1) is 48.0. The van der Waals surface area contributed by atoms with Crippen LogP contribution in [0.3, 0.4) is 0 Å². The summed E-state index contributed by atoms with van der Waals surface area (Å²) in [6.07, 6.45) is -7.03. The Kier molecular flexibility index (Phi) is 13.3. The molecule has 1 aliphatic carbocycles. The van der Waals surface area contributed by atoms with Crippen LogP contribution in [0.2, 0.25) is 11.4 Å². The van der Waals surface area contributed by atoms with Crippen LogP contribution in [0, 0.1) is 17.8 Å². The van der Waals surface area contributed by atoms with Gasteiger partial charge in [-0.3, -0.25) is 9.59 Å². The van der Waals surface area contributed by atoms with E-state index < -0.39 is 85.3 Å². The van der Waals surface area contributed by atoms with Gasteiger partial charge in [-0.25, -0.2) is 4.90 Å². The number of allylic oxidation sites excluding steroid dienone is 1. The van der Waals surface area contributed by atoms with Crippen molar-refractivity contribution in [3.05, 3.63) is 149 Å². The molecule has 2 N–H and O–H groups in total. The Labute approximate surface area is 387 Å². The van der Waals surface area contributed by atoms with Crippen molar-refractivity contribution < 1.29 is 55.1 Å². The number of phenolic OH excluding ortho intramolecular Hbond substituents is 1. The molecule has 2 aliphatic heterocycles. The van der Waals surface area contributed by atoms with Crippen molar-refractivity contribution in [2.24, 2.45) is 17.8 Å². The molecule has 0 saturated carbocycles. The number of alkyl halides is 6. The second kappa shape index (κ2) is 18.5. The summed E-state index contributed by atoms with van der Waals surface area (Å²) >= 11 is 0. The molecule has 8 rings (SSSR count). The van der Waals surface area contributed by atoms with Gasteiger partial charge in [0.2, 0.25) is 11.8 Å². The molecule has 2 saturated heterocycles. The number of halogens is 6. The van der Waals surface area contributed by atoms with Crippen molar-refractivity contribution in [2.75, 3.05) is 11.5 Å². The lowest BCUT2D eigenvalue weighted by atomic mass is 9.58. The van der Waals surface area contributed by atoms with E-state index in [1.807, 2.05) is 91.0 Å². The van der Waals surface area contributed by atoms with Crippen LogP contribution in [0.1, 0.15) is 76.5 Å². The summed E-state index contributed by atoms with van der Waals surface area (Å²) in [6.45, 7) is 8.36. The average molecular weight is 940 g/mol. The number of benzene rings is 5. The van der Waals surface area contributed by atoms with Crippen LogP contribution in [0.15, 0.2) is 132 Å². The van der Waals surface area contributed by atoms with Gasteiger partial charge in [0, 0.05) is 5.39 Å². The van der Waals surface area contributed by atoms with Gasteiger partial charge in [-0.2, -0.15) is 26.3 Å². The van der Waals surface area contributed by atoms with Gasteiger partial charge >= 0.3 is 19.5 Å². The summed E-state index contributed by atoms with van der Waals surface area (Å²) < 4.78 is 98.6. The van der Waals surface area contributed by atoms with Crippen LogP contribution in [0.4, 0.5) is 32.0 Å². The predicted molar refractivity (Wildman–Crippen MR) is 250 cm³/mol. The Morgan fingerprint density at radius 2 is 1.37 bits per heavy atom. The maximum Gasteiger partial charge on any atom is 0.455 e. The normalized spacial score (nSPS) is 20.7. The topological polar surface area (TPSA) is 96.3 Å². The minimum Gasteiger partial charge on any atom is -0.507 e. The number of carbonyl (C=O) groups is 2. The largest absolute Gasteiger partial charge is 0.507 e. The fraction of sp³-hybridized carbons (Fsp3) is 0.346. The zero-order valence-electron chi connectivity index (χ0n) is 37.6. The van der Waals surface area contributed by atoms with E-state index in [2.05, 4.69) is 33.8 Å². The van der Waals surface area contributed by atoms with Gasteiger partial charge in [0.05, 0.1) is 41.4 Å². The number of nitrogens with zero attached hydrogens (tertiary/aromatic N) is 1. The van der Waals surface area contributed by atoms with E-state index in [-0.39, 0.29) is 31.2 Å². The predicted octanol–water partition coefficient (Wildman–Crippen LogP) is 11.1. The van der Waals surface area contributed by atoms with Crippen LogP contribution < -0.4 is 15.3 Å². The third kappa shape index (κ3) is 9.27. The van der Waals surface area contributed by atoms with E-state index in [0.29, 0.717) is 52.8 Å². The maximum atomic E-state index is 14.7. The number of fused-ring (bicyclic) bond motifs is 4. The van der Waals surface area contributed by atoms with Crippen molar-refractivity contribution in [3.63, 3.8) is 0 Å². The van der Waals surface area contributed by atoms with Crippen molar-refractivity contribution in [2.45, 2.75) is 89.6 Å². The monoisotopic (exact) mass is 939 g/mol. The summed E-state index contributed by atoms with van der Waals surface area (Å²) in [5.41, 5.74) is -0.868. The van der Waals surface area contributed by atoms with Crippen LogP contribution >= 0.6 is 0 Å². The quantitative estimate of drug-likeness (QED) is 0.0560.